The van der Waals surface area contributed by atoms with E-state index in [0.717, 1.165) is 6.42 Å². The summed E-state index contributed by atoms with van der Waals surface area (Å²) in [5, 5.41) is 2.57. The molecule has 1 fully saturated rings. The first kappa shape index (κ1) is 15.2. The van der Waals surface area contributed by atoms with E-state index in [9.17, 15) is 14.4 Å². The average Bonchev–Trinajstić information content (AvgIpc) is 3.15. The minimum Gasteiger partial charge on any atom is -0.434 e. The SMILES string of the molecule is C[C@H]1CCN(C=O)C1C(=O)NCC(=O)c1nc2ccccc2o1. The fourth-order valence-electron chi connectivity index (χ4n) is 2.84. The van der Waals surface area contributed by atoms with Gasteiger partial charge in [0.1, 0.15) is 11.6 Å². The van der Waals surface area contributed by atoms with Crippen molar-refractivity contribution in [2.45, 2.75) is 19.4 Å². The monoisotopic (exact) mass is 315 g/mol. The molecule has 0 radical (unpaired) electrons. The molecule has 1 aromatic carbocycles. The third-order valence-electron chi connectivity index (χ3n) is 4.10. The summed E-state index contributed by atoms with van der Waals surface area (Å²) in [7, 11) is 0. The molecular weight excluding hydrogens is 298 g/mol. The fraction of sp³-hybridized carbons (Fsp3) is 0.375. The molecule has 2 aromatic rings. The topological polar surface area (TPSA) is 92.5 Å². The van der Waals surface area contributed by atoms with Crippen molar-refractivity contribution in [2.75, 3.05) is 13.1 Å². The summed E-state index contributed by atoms with van der Waals surface area (Å²) in [6.07, 6.45) is 1.45. The number of nitrogens with zero attached hydrogens (tertiary/aromatic N) is 2. The number of ketones is 1. The first-order valence-electron chi connectivity index (χ1n) is 7.47. The zero-order valence-electron chi connectivity index (χ0n) is 12.7. The number of para-hydroxylation sites is 2. The van der Waals surface area contributed by atoms with Crippen LogP contribution < -0.4 is 5.32 Å². The van der Waals surface area contributed by atoms with E-state index >= 15 is 0 Å². The van der Waals surface area contributed by atoms with Gasteiger partial charge in [-0.25, -0.2) is 4.98 Å². The number of oxazole rings is 1. The highest BCUT2D eigenvalue weighted by molar-refractivity contribution is 5.98. The Hall–Kier alpha value is -2.70. The summed E-state index contributed by atoms with van der Waals surface area (Å²) in [6, 6.07) is 6.54. The maximum atomic E-state index is 12.2. The number of Topliss-reactive ketones (excluding diaryl/α,β-unsaturated/α-hetero) is 1. The molecule has 0 spiro atoms. The number of nitrogens with one attached hydrogen (secondary N) is 1. The van der Waals surface area contributed by atoms with Crippen LogP contribution in [0.3, 0.4) is 0 Å². The second-order valence-electron chi connectivity index (χ2n) is 5.68. The van der Waals surface area contributed by atoms with E-state index in [1.807, 2.05) is 6.92 Å². The Morgan fingerprint density at radius 1 is 1.43 bits per heavy atom. The number of likely N-dealkylation sites (tertiary alicyclic amines) is 1. The van der Waals surface area contributed by atoms with Gasteiger partial charge >= 0.3 is 0 Å². The normalized spacial score (nSPS) is 20.7. The number of hydrogen-bond acceptors (Lipinski definition) is 5. The van der Waals surface area contributed by atoms with Gasteiger partial charge in [0.05, 0.1) is 6.54 Å². The highest BCUT2D eigenvalue weighted by Crippen LogP contribution is 2.22. The summed E-state index contributed by atoms with van der Waals surface area (Å²) < 4.78 is 5.37. The summed E-state index contributed by atoms with van der Waals surface area (Å²) in [6.45, 7) is 2.26. The van der Waals surface area contributed by atoms with E-state index in [-0.39, 0.29) is 24.3 Å². The average molecular weight is 315 g/mol. The van der Waals surface area contributed by atoms with E-state index in [1.165, 1.54) is 4.90 Å². The van der Waals surface area contributed by atoms with Gasteiger partial charge < -0.3 is 14.6 Å². The molecule has 1 N–H and O–H groups in total. The van der Waals surface area contributed by atoms with E-state index in [1.54, 1.807) is 24.3 Å². The Balaban J connectivity index is 1.64. The highest BCUT2D eigenvalue weighted by atomic mass is 16.4. The lowest BCUT2D eigenvalue weighted by molar-refractivity contribution is -0.131. The molecule has 1 aliphatic rings. The Kier molecular flexibility index (Phi) is 4.10. The summed E-state index contributed by atoms with van der Waals surface area (Å²) in [4.78, 5) is 40.9. The van der Waals surface area contributed by atoms with Gasteiger partial charge in [-0.05, 0) is 24.5 Å². The molecule has 7 nitrogen and oxygen atoms in total. The fourth-order valence-corrected chi connectivity index (χ4v) is 2.84. The predicted molar refractivity (Wildman–Crippen MR) is 81.7 cm³/mol. The molecule has 2 atom stereocenters. The number of aromatic nitrogens is 1. The van der Waals surface area contributed by atoms with Gasteiger partial charge in [0.2, 0.25) is 18.1 Å². The predicted octanol–water partition coefficient (Wildman–Crippen LogP) is 0.993. The van der Waals surface area contributed by atoms with Gasteiger partial charge in [-0.3, -0.25) is 14.4 Å². The number of fused-ring (bicyclic) bond motifs is 1. The molecule has 2 heterocycles. The van der Waals surface area contributed by atoms with Gasteiger partial charge in [0, 0.05) is 6.54 Å². The third kappa shape index (κ3) is 2.94. The van der Waals surface area contributed by atoms with Gasteiger partial charge in [-0.1, -0.05) is 19.1 Å². The van der Waals surface area contributed by atoms with Crippen LogP contribution in [0.2, 0.25) is 0 Å². The van der Waals surface area contributed by atoms with Crippen molar-refractivity contribution in [3.8, 4) is 0 Å². The van der Waals surface area contributed by atoms with E-state index < -0.39 is 11.8 Å². The van der Waals surface area contributed by atoms with E-state index in [0.29, 0.717) is 24.1 Å². The van der Waals surface area contributed by atoms with Crippen LogP contribution >= 0.6 is 0 Å². The maximum Gasteiger partial charge on any atom is 0.266 e. The molecule has 1 aliphatic heterocycles. The van der Waals surface area contributed by atoms with Crippen LogP contribution in [0.25, 0.3) is 11.1 Å². The van der Waals surface area contributed by atoms with Crippen molar-refractivity contribution < 1.29 is 18.8 Å². The van der Waals surface area contributed by atoms with E-state index in [2.05, 4.69) is 10.3 Å². The first-order chi connectivity index (χ1) is 11.1. The molecule has 0 saturated carbocycles. The smallest absolute Gasteiger partial charge is 0.266 e. The van der Waals surface area contributed by atoms with Crippen LogP contribution in [0.1, 0.15) is 24.0 Å². The Labute approximate surface area is 132 Å². The van der Waals surface area contributed by atoms with Crippen LogP contribution in [-0.4, -0.2) is 47.1 Å². The molecule has 2 amide bonds. The quantitative estimate of drug-likeness (QED) is 0.656. The minimum absolute atomic E-state index is 0.0294. The lowest BCUT2D eigenvalue weighted by atomic mass is 10.0. The zero-order valence-corrected chi connectivity index (χ0v) is 12.7. The second-order valence-corrected chi connectivity index (χ2v) is 5.68. The van der Waals surface area contributed by atoms with Crippen LogP contribution in [0.5, 0.6) is 0 Å². The lowest BCUT2D eigenvalue weighted by Crippen LogP contribution is -2.46. The Bertz CT molecular complexity index is 722. The number of carbonyl (C=O) groups excluding carboxylic acids is 3. The number of benzene rings is 1. The number of rotatable bonds is 5. The standard InChI is InChI=1S/C16H17N3O4/c1-10-6-7-19(9-20)14(10)15(22)17-8-12(21)16-18-11-4-2-3-5-13(11)23-16/h2-5,9-10,14H,6-8H2,1H3,(H,17,22)/t10-,14?/m0/s1. The third-order valence-corrected chi connectivity index (χ3v) is 4.10. The highest BCUT2D eigenvalue weighted by Gasteiger charge is 2.36. The molecule has 1 aromatic heterocycles. The molecule has 120 valence electrons. The van der Waals surface area contributed by atoms with Gasteiger partial charge in [0.15, 0.2) is 5.58 Å². The maximum absolute atomic E-state index is 12.2. The lowest BCUT2D eigenvalue weighted by Gasteiger charge is -2.21. The molecule has 23 heavy (non-hydrogen) atoms. The van der Waals surface area contributed by atoms with Gasteiger partial charge in [-0.15, -0.1) is 0 Å². The van der Waals surface area contributed by atoms with Gasteiger partial charge in [-0.2, -0.15) is 0 Å². The van der Waals surface area contributed by atoms with Crippen molar-refractivity contribution in [3.05, 3.63) is 30.2 Å². The molecule has 7 heteroatoms. The Morgan fingerprint density at radius 3 is 2.96 bits per heavy atom. The van der Waals surface area contributed by atoms with Gasteiger partial charge in [0.25, 0.3) is 5.89 Å². The van der Waals surface area contributed by atoms with Crippen LogP contribution in [0.15, 0.2) is 28.7 Å². The molecule has 1 saturated heterocycles. The minimum atomic E-state index is -0.524. The van der Waals surface area contributed by atoms with Crippen LogP contribution in [0, 0.1) is 5.92 Å². The zero-order chi connectivity index (χ0) is 16.4. The molecule has 3 rings (SSSR count). The molecule has 0 aliphatic carbocycles. The number of amides is 2. The van der Waals surface area contributed by atoms with Crippen LogP contribution in [-0.2, 0) is 9.59 Å². The summed E-state index contributed by atoms with van der Waals surface area (Å²) in [5.74, 6) is -0.692. The van der Waals surface area contributed by atoms with Crippen molar-refractivity contribution in [2.24, 2.45) is 5.92 Å². The molecule has 1 unspecified atom stereocenters. The second kappa shape index (κ2) is 6.20. The Morgan fingerprint density at radius 2 is 2.22 bits per heavy atom. The van der Waals surface area contributed by atoms with Crippen molar-refractivity contribution >= 4 is 29.2 Å². The van der Waals surface area contributed by atoms with Crippen molar-refractivity contribution in [1.82, 2.24) is 15.2 Å². The summed E-state index contributed by atoms with van der Waals surface area (Å²) in [5.41, 5.74) is 1.12. The largest absolute Gasteiger partial charge is 0.434 e. The van der Waals surface area contributed by atoms with E-state index in [4.69, 9.17) is 4.42 Å². The molecule has 0 bridgehead atoms. The number of carbonyl (C=O) groups is 3. The van der Waals surface area contributed by atoms with Crippen LogP contribution in [0.4, 0.5) is 0 Å². The van der Waals surface area contributed by atoms with Crippen molar-refractivity contribution in [1.29, 1.82) is 0 Å². The number of hydrogen-bond donors (Lipinski definition) is 1. The summed E-state index contributed by atoms with van der Waals surface area (Å²) >= 11 is 0. The molecular formula is C16H17N3O4. The van der Waals surface area contributed by atoms with Crippen molar-refractivity contribution in [3.63, 3.8) is 0 Å². The first-order valence-corrected chi connectivity index (χ1v) is 7.47.